The second-order valence-electron chi connectivity index (χ2n) is 2.79. The van der Waals surface area contributed by atoms with E-state index in [1.807, 2.05) is 7.05 Å². The first kappa shape index (κ1) is 9.41. The molecule has 1 atom stereocenters. The minimum absolute atomic E-state index is 0.610. The smallest absolute Gasteiger partial charge is 0.202 e. The van der Waals surface area contributed by atoms with Crippen LogP contribution in [0.2, 0.25) is 0 Å². The van der Waals surface area contributed by atoms with Gasteiger partial charge in [0.1, 0.15) is 6.33 Å². The molecule has 0 saturated heterocycles. The van der Waals surface area contributed by atoms with Crippen molar-refractivity contribution in [3.63, 3.8) is 0 Å². The van der Waals surface area contributed by atoms with Crippen LogP contribution in [0.15, 0.2) is 6.33 Å². The third-order valence-electron chi connectivity index (χ3n) is 1.52. The van der Waals surface area contributed by atoms with Crippen molar-refractivity contribution in [3.8, 4) is 0 Å². The monoisotopic (exact) mass is 186 g/mol. The van der Waals surface area contributed by atoms with Gasteiger partial charge in [-0.1, -0.05) is 6.92 Å². The summed E-state index contributed by atoms with van der Waals surface area (Å²) in [6.45, 7) is 4.15. The molecule has 5 heteroatoms. The van der Waals surface area contributed by atoms with Crippen molar-refractivity contribution in [1.29, 1.82) is 0 Å². The topological polar surface area (TPSA) is 49.8 Å². The molecule has 0 saturated carbocycles. The molecule has 1 aromatic rings. The van der Waals surface area contributed by atoms with Crippen molar-refractivity contribution in [2.75, 3.05) is 25.5 Å². The molecule has 0 aromatic carbocycles. The summed E-state index contributed by atoms with van der Waals surface area (Å²) in [7, 11) is 1.96. The maximum Gasteiger partial charge on any atom is 0.202 e. The Morgan fingerprint density at radius 2 is 2.42 bits per heavy atom. The molecule has 1 unspecified atom stereocenters. The Morgan fingerprint density at radius 3 is 3.00 bits per heavy atom. The maximum atomic E-state index is 4.02. The van der Waals surface area contributed by atoms with Gasteiger partial charge in [-0.05, 0) is 19.5 Å². The zero-order valence-corrected chi connectivity index (χ0v) is 8.19. The largest absolute Gasteiger partial charge is 0.360 e. The predicted molar refractivity (Wildman–Crippen MR) is 51.5 cm³/mol. The molecule has 0 aliphatic heterocycles. The van der Waals surface area contributed by atoms with Crippen LogP contribution in [0.25, 0.3) is 0 Å². The summed E-state index contributed by atoms with van der Waals surface area (Å²) in [6, 6.07) is 0. The van der Waals surface area contributed by atoms with Gasteiger partial charge in [0.2, 0.25) is 5.13 Å². The molecule has 1 rings (SSSR count). The first-order valence-corrected chi connectivity index (χ1v) is 4.75. The molecule has 0 fully saturated rings. The molecule has 0 aliphatic rings. The summed E-state index contributed by atoms with van der Waals surface area (Å²) in [6.07, 6.45) is 1.57. The summed E-state index contributed by atoms with van der Waals surface area (Å²) >= 11 is 1.39. The predicted octanol–water partition coefficient (Wildman–Crippen LogP) is 0.805. The lowest BCUT2D eigenvalue weighted by atomic mass is 10.2. The summed E-state index contributed by atoms with van der Waals surface area (Å²) in [5.41, 5.74) is 0. The van der Waals surface area contributed by atoms with E-state index >= 15 is 0 Å². The van der Waals surface area contributed by atoms with Gasteiger partial charge in [0.25, 0.3) is 0 Å². The highest BCUT2D eigenvalue weighted by Gasteiger charge is 2.00. The summed E-state index contributed by atoms with van der Waals surface area (Å²) in [5.74, 6) is 0.610. The van der Waals surface area contributed by atoms with Gasteiger partial charge in [-0.2, -0.15) is 4.37 Å². The van der Waals surface area contributed by atoms with Gasteiger partial charge in [0, 0.05) is 18.1 Å². The number of nitrogens with zero attached hydrogens (tertiary/aromatic N) is 2. The fraction of sp³-hybridized carbons (Fsp3) is 0.714. The van der Waals surface area contributed by atoms with E-state index in [4.69, 9.17) is 0 Å². The Labute approximate surface area is 76.6 Å². The number of hydrogen-bond donors (Lipinski definition) is 2. The Balaban J connectivity index is 2.17. The van der Waals surface area contributed by atoms with E-state index in [9.17, 15) is 0 Å². The van der Waals surface area contributed by atoms with Gasteiger partial charge in [-0.25, -0.2) is 4.98 Å². The van der Waals surface area contributed by atoms with Gasteiger partial charge in [-0.3, -0.25) is 0 Å². The van der Waals surface area contributed by atoms with Crippen molar-refractivity contribution in [2.45, 2.75) is 6.92 Å². The number of hydrogen-bond acceptors (Lipinski definition) is 5. The Kier molecular flexibility index (Phi) is 3.96. The molecule has 0 spiro atoms. The van der Waals surface area contributed by atoms with E-state index in [2.05, 4.69) is 26.9 Å². The summed E-state index contributed by atoms with van der Waals surface area (Å²) < 4.78 is 3.90. The maximum absolute atomic E-state index is 4.02. The SMILES string of the molecule is CNCC(C)CNc1ncns1. The molecular formula is C7H14N4S. The minimum atomic E-state index is 0.610. The van der Waals surface area contributed by atoms with Gasteiger partial charge in [0.05, 0.1) is 0 Å². The van der Waals surface area contributed by atoms with Crippen molar-refractivity contribution < 1.29 is 0 Å². The van der Waals surface area contributed by atoms with Crippen LogP contribution in [0.3, 0.4) is 0 Å². The lowest BCUT2D eigenvalue weighted by Gasteiger charge is -2.10. The first-order valence-electron chi connectivity index (χ1n) is 3.98. The number of nitrogens with one attached hydrogen (secondary N) is 2. The third kappa shape index (κ3) is 3.15. The molecule has 1 heterocycles. The van der Waals surface area contributed by atoms with E-state index in [0.717, 1.165) is 18.2 Å². The van der Waals surface area contributed by atoms with Crippen LogP contribution < -0.4 is 10.6 Å². The molecule has 2 N–H and O–H groups in total. The van der Waals surface area contributed by atoms with E-state index in [1.54, 1.807) is 6.33 Å². The quantitative estimate of drug-likeness (QED) is 0.714. The number of anilines is 1. The van der Waals surface area contributed by atoms with Crippen molar-refractivity contribution in [1.82, 2.24) is 14.7 Å². The van der Waals surface area contributed by atoms with Crippen LogP contribution in [-0.2, 0) is 0 Å². The fourth-order valence-corrected chi connectivity index (χ4v) is 1.37. The zero-order chi connectivity index (χ0) is 8.81. The Bertz CT molecular complexity index is 199. The van der Waals surface area contributed by atoms with Crippen LogP contribution in [-0.4, -0.2) is 29.5 Å². The lowest BCUT2D eigenvalue weighted by molar-refractivity contribution is 0.569. The molecule has 0 radical (unpaired) electrons. The lowest BCUT2D eigenvalue weighted by Crippen LogP contribution is -2.22. The standard InChI is InChI=1S/C7H14N4S/c1-6(3-8-2)4-9-7-10-5-11-12-7/h5-6,8H,3-4H2,1-2H3,(H,9,10,11). The van der Waals surface area contributed by atoms with Gasteiger partial charge in [-0.15, -0.1) is 0 Å². The molecule has 0 amide bonds. The van der Waals surface area contributed by atoms with Crippen LogP contribution in [0.4, 0.5) is 5.13 Å². The molecule has 0 bridgehead atoms. The van der Waals surface area contributed by atoms with E-state index < -0.39 is 0 Å². The Morgan fingerprint density at radius 1 is 1.58 bits per heavy atom. The minimum Gasteiger partial charge on any atom is -0.360 e. The molecule has 68 valence electrons. The number of aromatic nitrogens is 2. The highest BCUT2D eigenvalue weighted by Crippen LogP contribution is 2.06. The van der Waals surface area contributed by atoms with E-state index in [1.165, 1.54) is 11.5 Å². The van der Waals surface area contributed by atoms with Gasteiger partial charge in [0.15, 0.2) is 0 Å². The first-order chi connectivity index (χ1) is 5.83. The number of rotatable bonds is 5. The molecule has 0 aliphatic carbocycles. The van der Waals surface area contributed by atoms with Gasteiger partial charge < -0.3 is 10.6 Å². The second kappa shape index (κ2) is 5.05. The molecular weight excluding hydrogens is 172 g/mol. The highest BCUT2D eigenvalue weighted by molar-refractivity contribution is 7.09. The van der Waals surface area contributed by atoms with Crippen molar-refractivity contribution in [2.24, 2.45) is 5.92 Å². The highest BCUT2D eigenvalue weighted by atomic mass is 32.1. The average molecular weight is 186 g/mol. The van der Waals surface area contributed by atoms with Gasteiger partial charge >= 0.3 is 0 Å². The van der Waals surface area contributed by atoms with Crippen LogP contribution >= 0.6 is 11.5 Å². The third-order valence-corrected chi connectivity index (χ3v) is 2.14. The average Bonchev–Trinajstić information content (AvgIpc) is 2.53. The van der Waals surface area contributed by atoms with Crippen LogP contribution in [0.5, 0.6) is 0 Å². The van der Waals surface area contributed by atoms with E-state index in [-0.39, 0.29) is 0 Å². The summed E-state index contributed by atoms with van der Waals surface area (Å²) in [5, 5.41) is 7.24. The second-order valence-corrected chi connectivity index (χ2v) is 3.57. The fourth-order valence-electron chi connectivity index (χ4n) is 0.933. The Hall–Kier alpha value is -0.680. The van der Waals surface area contributed by atoms with Crippen LogP contribution in [0.1, 0.15) is 6.92 Å². The molecule has 1 aromatic heterocycles. The molecule has 4 nitrogen and oxygen atoms in total. The van der Waals surface area contributed by atoms with Crippen molar-refractivity contribution in [3.05, 3.63) is 6.33 Å². The van der Waals surface area contributed by atoms with Crippen molar-refractivity contribution >= 4 is 16.7 Å². The normalized spacial score (nSPS) is 12.8. The molecule has 12 heavy (non-hydrogen) atoms. The summed E-state index contributed by atoms with van der Waals surface area (Å²) in [4.78, 5) is 4.02. The van der Waals surface area contributed by atoms with E-state index in [0.29, 0.717) is 5.92 Å². The zero-order valence-electron chi connectivity index (χ0n) is 7.37. The van der Waals surface area contributed by atoms with Crippen LogP contribution in [0, 0.1) is 5.92 Å².